The van der Waals surface area contributed by atoms with Crippen LogP contribution < -0.4 is 5.32 Å². The lowest BCUT2D eigenvalue weighted by atomic mass is 9.90. The second kappa shape index (κ2) is 5.23. The van der Waals surface area contributed by atoms with Gasteiger partial charge in [-0.25, -0.2) is 0 Å². The lowest BCUT2D eigenvalue weighted by Gasteiger charge is -2.42. The number of hydrogen-bond donors (Lipinski definition) is 1. The Morgan fingerprint density at radius 1 is 1.47 bits per heavy atom. The van der Waals surface area contributed by atoms with Gasteiger partial charge in [0.1, 0.15) is 5.54 Å². The first-order chi connectivity index (χ1) is 8.84. The molecule has 0 aromatic heterocycles. The van der Waals surface area contributed by atoms with Crippen molar-refractivity contribution in [3.05, 3.63) is 0 Å². The molecule has 0 radical (unpaired) electrons. The molecule has 0 aromatic carbocycles. The number of nitrogens with one attached hydrogen (secondary N) is 1. The van der Waals surface area contributed by atoms with E-state index in [0.717, 1.165) is 12.8 Å². The minimum absolute atomic E-state index is 0.0176. The van der Waals surface area contributed by atoms with Crippen LogP contribution >= 0.6 is 0 Å². The summed E-state index contributed by atoms with van der Waals surface area (Å²) in [4.78, 5) is 26.1. The van der Waals surface area contributed by atoms with Gasteiger partial charge in [0.15, 0.2) is 0 Å². The Hall–Kier alpha value is -0.910. The van der Waals surface area contributed by atoms with Crippen molar-refractivity contribution in [3.8, 4) is 0 Å². The van der Waals surface area contributed by atoms with Crippen molar-refractivity contribution in [1.82, 2.24) is 10.2 Å². The summed E-state index contributed by atoms with van der Waals surface area (Å²) < 4.78 is 11.2. The highest BCUT2D eigenvalue weighted by Crippen LogP contribution is 2.41. The first kappa shape index (κ1) is 14.5. The van der Waals surface area contributed by atoms with E-state index in [0.29, 0.717) is 12.2 Å². The molecule has 2 rings (SSSR count). The van der Waals surface area contributed by atoms with Crippen LogP contribution in [0, 0.1) is 5.92 Å². The van der Waals surface area contributed by atoms with Crippen LogP contribution in [0.25, 0.3) is 0 Å². The zero-order valence-electron chi connectivity index (χ0n) is 11.8. The summed E-state index contributed by atoms with van der Waals surface area (Å²) in [6.45, 7) is 3.89. The Bertz CT molecular complexity index is 422. The van der Waals surface area contributed by atoms with Crippen LogP contribution in [0.5, 0.6) is 0 Å². The molecule has 3 unspecified atom stereocenters. The summed E-state index contributed by atoms with van der Waals surface area (Å²) in [7, 11) is -0.865. The van der Waals surface area contributed by atoms with E-state index >= 15 is 0 Å². The summed E-state index contributed by atoms with van der Waals surface area (Å²) in [6, 6.07) is -0.0412. The average Bonchev–Trinajstić information content (AvgIpc) is 3.14. The lowest BCUT2D eigenvalue weighted by Crippen LogP contribution is -2.67. The Morgan fingerprint density at radius 3 is 2.63 bits per heavy atom. The Labute approximate surface area is 116 Å². The van der Waals surface area contributed by atoms with Crippen LogP contribution in [-0.2, 0) is 20.4 Å². The van der Waals surface area contributed by atoms with Crippen molar-refractivity contribution in [2.24, 2.45) is 5.92 Å². The highest BCUT2D eigenvalue weighted by Gasteiger charge is 2.53. The van der Waals surface area contributed by atoms with Gasteiger partial charge in [-0.2, -0.15) is 0 Å². The first-order valence-electron chi connectivity index (χ1n) is 6.76. The second-order valence-electron chi connectivity index (χ2n) is 5.87. The van der Waals surface area contributed by atoms with Crippen molar-refractivity contribution < 1.29 is 13.8 Å². The normalized spacial score (nSPS) is 31.0. The number of piperazine rings is 1. The van der Waals surface area contributed by atoms with Crippen LogP contribution in [0.2, 0.25) is 0 Å². The monoisotopic (exact) mass is 286 g/mol. The van der Waals surface area contributed by atoms with Gasteiger partial charge >= 0.3 is 0 Å². The zero-order valence-corrected chi connectivity index (χ0v) is 12.6. The van der Waals surface area contributed by atoms with Crippen molar-refractivity contribution >= 4 is 22.6 Å². The van der Waals surface area contributed by atoms with Gasteiger partial charge in [0.05, 0.1) is 6.54 Å². The fourth-order valence-electron chi connectivity index (χ4n) is 2.69. The van der Waals surface area contributed by atoms with Crippen LogP contribution in [0.15, 0.2) is 0 Å². The Morgan fingerprint density at radius 2 is 2.11 bits per heavy atom. The molecule has 1 aliphatic heterocycles. The minimum atomic E-state index is -0.865. The molecule has 1 aliphatic carbocycles. The standard InChI is InChI=1S/C13H22N2O3S/c1-9(6-7-19(3)18)15-8-11(16)14-13(2,12(15)17)10-4-5-10/h9-10H,4-8H2,1-3H3,(H,14,16). The first-order valence-corrected chi connectivity index (χ1v) is 8.49. The van der Waals surface area contributed by atoms with E-state index in [1.54, 1.807) is 11.2 Å². The van der Waals surface area contributed by atoms with Gasteiger partial charge < -0.3 is 10.2 Å². The third-order valence-corrected chi connectivity index (χ3v) is 4.98. The molecule has 0 aromatic rings. The van der Waals surface area contributed by atoms with Crippen molar-refractivity contribution in [1.29, 1.82) is 0 Å². The van der Waals surface area contributed by atoms with Gasteiger partial charge in [-0.05, 0) is 39.0 Å². The molecule has 108 valence electrons. The Balaban J connectivity index is 2.08. The summed E-state index contributed by atoms with van der Waals surface area (Å²) in [6.07, 6.45) is 4.34. The Kier molecular flexibility index (Phi) is 3.99. The molecular formula is C13H22N2O3S. The SMILES string of the molecule is CC(CCS(C)=O)N1CC(=O)NC(C)(C2CC2)C1=O. The fraction of sp³-hybridized carbons (Fsp3) is 0.846. The third kappa shape index (κ3) is 2.99. The summed E-state index contributed by atoms with van der Waals surface area (Å²) in [5, 5.41) is 2.86. The summed E-state index contributed by atoms with van der Waals surface area (Å²) >= 11 is 0. The van der Waals surface area contributed by atoms with E-state index < -0.39 is 16.3 Å². The number of carbonyl (C=O) groups is 2. The maximum Gasteiger partial charge on any atom is 0.249 e. The average molecular weight is 286 g/mol. The predicted molar refractivity (Wildman–Crippen MR) is 74.0 cm³/mol. The number of nitrogens with zero attached hydrogens (tertiary/aromatic N) is 1. The van der Waals surface area contributed by atoms with E-state index in [1.165, 1.54) is 0 Å². The number of rotatable bonds is 5. The van der Waals surface area contributed by atoms with Crippen LogP contribution in [-0.4, -0.2) is 51.1 Å². The molecule has 2 aliphatic rings. The van der Waals surface area contributed by atoms with Crippen molar-refractivity contribution in [2.75, 3.05) is 18.6 Å². The minimum Gasteiger partial charge on any atom is -0.340 e. The number of carbonyl (C=O) groups excluding carboxylic acids is 2. The molecule has 1 N–H and O–H groups in total. The van der Waals surface area contributed by atoms with E-state index in [2.05, 4.69) is 5.32 Å². The van der Waals surface area contributed by atoms with E-state index in [4.69, 9.17) is 0 Å². The second-order valence-corrected chi connectivity index (χ2v) is 7.43. The van der Waals surface area contributed by atoms with E-state index in [-0.39, 0.29) is 30.3 Å². The molecule has 5 nitrogen and oxygen atoms in total. The maximum atomic E-state index is 12.6. The van der Waals surface area contributed by atoms with Gasteiger partial charge in [-0.1, -0.05) is 0 Å². The fourth-order valence-corrected chi connectivity index (χ4v) is 3.37. The van der Waals surface area contributed by atoms with E-state index in [9.17, 15) is 13.8 Å². The zero-order chi connectivity index (χ0) is 14.2. The smallest absolute Gasteiger partial charge is 0.249 e. The predicted octanol–water partition coefficient (Wildman–Crippen LogP) is 0.271. The lowest BCUT2D eigenvalue weighted by molar-refractivity contribution is -0.152. The van der Waals surface area contributed by atoms with Crippen LogP contribution in [0.4, 0.5) is 0 Å². The van der Waals surface area contributed by atoms with Gasteiger partial charge in [0.2, 0.25) is 11.8 Å². The van der Waals surface area contributed by atoms with Gasteiger partial charge in [0.25, 0.3) is 0 Å². The summed E-state index contributed by atoms with van der Waals surface area (Å²) in [5.74, 6) is 0.772. The summed E-state index contributed by atoms with van der Waals surface area (Å²) in [5.41, 5.74) is -0.727. The molecule has 1 heterocycles. The van der Waals surface area contributed by atoms with Crippen LogP contribution in [0.3, 0.4) is 0 Å². The van der Waals surface area contributed by atoms with Gasteiger partial charge in [-0.15, -0.1) is 0 Å². The van der Waals surface area contributed by atoms with Crippen molar-refractivity contribution in [3.63, 3.8) is 0 Å². The maximum absolute atomic E-state index is 12.6. The van der Waals surface area contributed by atoms with Gasteiger partial charge in [0, 0.05) is 28.9 Å². The van der Waals surface area contributed by atoms with Crippen molar-refractivity contribution in [2.45, 2.75) is 44.7 Å². The molecule has 0 spiro atoms. The molecule has 19 heavy (non-hydrogen) atoms. The molecule has 1 saturated carbocycles. The largest absolute Gasteiger partial charge is 0.340 e. The molecule has 3 atom stereocenters. The molecule has 0 bridgehead atoms. The highest BCUT2D eigenvalue weighted by molar-refractivity contribution is 7.84. The number of hydrogen-bond acceptors (Lipinski definition) is 3. The molecule has 1 saturated heterocycles. The third-order valence-electron chi connectivity index (χ3n) is 4.17. The number of amides is 2. The quantitative estimate of drug-likeness (QED) is 0.789. The topological polar surface area (TPSA) is 66.5 Å². The van der Waals surface area contributed by atoms with Gasteiger partial charge in [-0.3, -0.25) is 13.8 Å². The van der Waals surface area contributed by atoms with E-state index in [1.807, 2.05) is 13.8 Å². The molecular weight excluding hydrogens is 264 g/mol. The molecule has 2 amide bonds. The highest BCUT2D eigenvalue weighted by atomic mass is 32.2. The molecule has 6 heteroatoms. The molecule has 2 fully saturated rings. The van der Waals surface area contributed by atoms with Crippen LogP contribution in [0.1, 0.15) is 33.1 Å².